The monoisotopic (exact) mass is 452 g/mol. The number of carbonyl (C=O) groups excluding carboxylic acids is 3. The van der Waals surface area contributed by atoms with Crippen LogP contribution in [0, 0.1) is 0 Å². The van der Waals surface area contributed by atoms with Crippen molar-refractivity contribution in [1.82, 2.24) is 0 Å². The van der Waals surface area contributed by atoms with Gasteiger partial charge < -0.3 is 23.7 Å². The first-order valence-corrected chi connectivity index (χ1v) is 10.3. The number of aldehydes is 2. The van der Waals surface area contributed by atoms with E-state index < -0.39 is 5.97 Å². The molecule has 1 aliphatic carbocycles. The number of benzene rings is 1. The van der Waals surface area contributed by atoms with E-state index >= 15 is 0 Å². The van der Waals surface area contributed by atoms with Gasteiger partial charge in [0.15, 0.2) is 6.29 Å². The number of carbonyl (C=O) groups is 3. The third-order valence-corrected chi connectivity index (χ3v) is 4.74. The van der Waals surface area contributed by atoms with E-state index in [1.54, 1.807) is 25.3 Å². The van der Waals surface area contributed by atoms with Crippen molar-refractivity contribution in [3.63, 3.8) is 0 Å². The van der Waals surface area contributed by atoms with Crippen molar-refractivity contribution in [1.29, 1.82) is 0 Å². The lowest BCUT2D eigenvalue weighted by Crippen LogP contribution is -2.11. The topological polar surface area (TPSA) is 88.1 Å². The highest BCUT2D eigenvalue weighted by atomic mass is 16.5. The lowest BCUT2D eigenvalue weighted by atomic mass is 9.90. The van der Waals surface area contributed by atoms with E-state index in [4.69, 9.17) is 23.7 Å². The van der Waals surface area contributed by atoms with Crippen LogP contribution in [0.5, 0.6) is 11.5 Å². The van der Waals surface area contributed by atoms with E-state index in [9.17, 15) is 9.59 Å². The molecule has 0 unspecified atom stereocenters. The van der Waals surface area contributed by atoms with Gasteiger partial charge in [0.2, 0.25) is 0 Å². The molecule has 1 aromatic rings. The van der Waals surface area contributed by atoms with Crippen LogP contribution in [0.1, 0.15) is 37.8 Å². The summed E-state index contributed by atoms with van der Waals surface area (Å²) in [5, 5.41) is 0. The predicted octanol–water partition coefficient (Wildman–Crippen LogP) is 4.63. The van der Waals surface area contributed by atoms with Gasteiger partial charge in [-0.25, -0.2) is 0 Å². The van der Waals surface area contributed by atoms with E-state index in [2.05, 4.69) is 6.58 Å². The zero-order valence-electron chi connectivity index (χ0n) is 19.3. The Bertz CT molecular complexity index is 1050. The third kappa shape index (κ3) is 6.40. The first-order valence-electron chi connectivity index (χ1n) is 10.3. The summed E-state index contributed by atoms with van der Waals surface area (Å²) in [6.07, 6.45) is 10.7. The van der Waals surface area contributed by atoms with Crippen molar-refractivity contribution in [3.8, 4) is 11.5 Å². The molecule has 174 valence electrons. The van der Waals surface area contributed by atoms with Gasteiger partial charge in [0, 0.05) is 25.2 Å². The Balaban J connectivity index is 0.00000122. The van der Waals surface area contributed by atoms with Crippen LogP contribution in [0.4, 0.5) is 0 Å². The molecule has 2 aliphatic rings. The molecule has 7 heteroatoms. The largest absolute Gasteiger partial charge is 0.496 e. The van der Waals surface area contributed by atoms with Gasteiger partial charge in [-0.2, -0.15) is 0 Å². The first kappa shape index (κ1) is 25.5. The minimum atomic E-state index is -0.449. The second-order valence-electron chi connectivity index (χ2n) is 7.06. The molecular formula is C26H28O7. The highest BCUT2D eigenvalue weighted by molar-refractivity contribution is 6.02. The maximum absolute atomic E-state index is 12.1. The zero-order valence-corrected chi connectivity index (χ0v) is 19.3. The summed E-state index contributed by atoms with van der Waals surface area (Å²) in [5.41, 5.74) is 3.34. The molecule has 1 aromatic carbocycles. The van der Waals surface area contributed by atoms with Crippen molar-refractivity contribution in [2.24, 2.45) is 0 Å². The summed E-state index contributed by atoms with van der Waals surface area (Å²) in [7, 11) is 3.15. The standard InChI is InChI=1S/C24H24O6.C2H4O/c1-15-11-20(18(13-25)12-17-7-5-6-8-22(17)28-4)19-9-10-23(30-16(2)26)21(14-27-3)24(19)29-15;1-2-3/h6,8-13H,1,5,7,14H2,2-4H3;2H,1H3/b18-12+;. The summed E-state index contributed by atoms with van der Waals surface area (Å²) in [6.45, 7) is 6.85. The van der Waals surface area contributed by atoms with Crippen LogP contribution in [0.3, 0.4) is 0 Å². The SMILES string of the molecule is C=C1C=C(/C(C=O)=C/C2=C(OC)C=CCC2)c2ccc(OC(C)=O)c(COC)c2O1.CC=O. The molecule has 0 atom stereocenters. The Morgan fingerprint density at radius 1 is 1.24 bits per heavy atom. The van der Waals surface area contributed by atoms with Gasteiger partial charge in [0.05, 0.1) is 19.3 Å². The van der Waals surface area contributed by atoms with Gasteiger partial charge in [-0.1, -0.05) is 12.7 Å². The minimum Gasteiger partial charge on any atom is -0.496 e. The van der Waals surface area contributed by atoms with Crippen LogP contribution in [-0.4, -0.2) is 32.8 Å². The van der Waals surface area contributed by atoms with Crippen LogP contribution >= 0.6 is 0 Å². The average molecular weight is 453 g/mol. The van der Waals surface area contributed by atoms with Gasteiger partial charge in [0.1, 0.15) is 29.3 Å². The molecule has 0 N–H and O–H groups in total. The third-order valence-electron chi connectivity index (χ3n) is 4.74. The number of allylic oxidation sites excluding steroid dienone is 7. The molecule has 0 bridgehead atoms. The molecule has 3 rings (SSSR count). The maximum Gasteiger partial charge on any atom is 0.308 e. The molecule has 0 fully saturated rings. The first-order chi connectivity index (χ1) is 15.9. The number of fused-ring (bicyclic) bond motifs is 1. The highest BCUT2D eigenvalue weighted by Crippen LogP contribution is 2.43. The molecule has 1 aliphatic heterocycles. The van der Waals surface area contributed by atoms with Gasteiger partial charge >= 0.3 is 5.97 Å². The molecule has 0 aromatic heterocycles. The molecule has 33 heavy (non-hydrogen) atoms. The maximum atomic E-state index is 12.1. The number of rotatable bonds is 7. The Morgan fingerprint density at radius 2 is 1.97 bits per heavy atom. The van der Waals surface area contributed by atoms with Crippen molar-refractivity contribution < 1.29 is 33.3 Å². The van der Waals surface area contributed by atoms with E-state index in [0.717, 1.165) is 36.7 Å². The van der Waals surface area contributed by atoms with Crippen LogP contribution in [0.2, 0.25) is 0 Å². The van der Waals surface area contributed by atoms with E-state index in [-0.39, 0.29) is 6.61 Å². The van der Waals surface area contributed by atoms with E-state index in [1.807, 2.05) is 18.2 Å². The Hall–Kier alpha value is -3.71. The second-order valence-corrected chi connectivity index (χ2v) is 7.06. The van der Waals surface area contributed by atoms with Crippen molar-refractivity contribution in [2.75, 3.05) is 14.2 Å². The summed E-state index contributed by atoms with van der Waals surface area (Å²) >= 11 is 0. The summed E-state index contributed by atoms with van der Waals surface area (Å²) in [5.74, 6) is 1.45. The average Bonchev–Trinajstić information content (AvgIpc) is 2.79. The van der Waals surface area contributed by atoms with Gasteiger partial charge in [-0.15, -0.1) is 0 Å². The Labute approximate surface area is 193 Å². The van der Waals surface area contributed by atoms with E-state index in [0.29, 0.717) is 39.5 Å². The van der Waals surface area contributed by atoms with Crippen molar-refractivity contribution in [2.45, 2.75) is 33.3 Å². The van der Waals surface area contributed by atoms with Gasteiger partial charge in [0.25, 0.3) is 0 Å². The lowest BCUT2D eigenvalue weighted by Gasteiger charge is -2.24. The number of hydrogen-bond donors (Lipinski definition) is 0. The molecular weight excluding hydrogens is 424 g/mol. The Kier molecular flexibility index (Phi) is 9.57. The number of ether oxygens (including phenoxy) is 4. The second kappa shape index (κ2) is 12.4. The van der Waals surface area contributed by atoms with Crippen LogP contribution in [0.25, 0.3) is 5.57 Å². The normalized spacial score (nSPS) is 14.8. The van der Waals surface area contributed by atoms with Crippen molar-refractivity contribution in [3.05, 3.63) is 76.8 Å². The molecule has 0 amide bonds. The minimum absolute atomic E-state index is 0.163. The summed E-state index contributed by atoms with van der Waals surface area (Å²) in [4.78, 5) is 32.4. The summed E-state index contributed by atoms with van der Waals surface area (Å²) in [6, 6.07) is 3.43. The van der Waals surface area contributed by atoms with Gasteiger partial charge in [-0.3, -0.25) is 9.59 Å². The van der Waals surface area contributed by atoms with Crippen molar-refractivity contribution >= 4 is 24.1 Å². The number of esters is 1. The highest BCUT2D eigenvalue weighted by Gasteiger charge is 2.25. The fourth-order valence-corrected chi connectivity index (χ4v) is 3.47. The Morgan fingerprint density at radius 3 is 2.58 bits per heavy atom. The fraction of sp³-hybridized carbons (Fsp3) is 0.269. The molecule has 1 heterocycles. The van der Waals surface area contributed by atoms with Crippen LogP contribution < -0.4 is 9.47 Å². The molecule has 0 radical (unpaired) electrons. The molecule has 0 saturated carbocycles. The van der Waals surface area contributed by atoms with Crippen LogP contribution in [-0.2, 0) is 30.5 Å². The fourth-order valence-electron chi connectivity index (χ4n) is 3.47. The zero-order chi connectivity index (χ0) is 24.4. The number of methoxy groups -OCH3 is 2. The van der Waals surface area contributed by atoms with Crippen LogP contribution in [0.15, 0.2) is 65.7 Å². The predicted molar refractivity (Wildman–Crippen MR) is 125 cm³/mol. The smallest absolute Gasteiger partial charge is 0.308 e. The molecule has 0 saturated heterocycles. The quantitative estimate of drug-likeness (QED) is 0.258. The molecule has 0 spiro atoms. The lowest BCUT2D eigenvalue weighted by molar-refractivity contribution is -0.132. The van der Waals surface area contributed by atoms with Gasteiger partial charge in [-0.05, 0) is 61.3 Å². The summed E-state index contributed by atoms with van der Waals surface area (Å²) < 4.78 is 21.9. The molecule has 7 nitrogen and oxygen atoms in total. The number of hydrogen-bond acceptors (Lipinski definition) is 7. The van der Waals surface area contributed by atoms with E-state index in [1.165, 1.54) is 21.0 Å².